The summed E-state index contributed by atoms with van der Waals surface area (Å²) in [6.07, 6.45) is 3.01. The number of nitrogens with one attached hydrogen (secondary N) is 1. The van der Waals surface area contributed by atoms with E-state index in [4.69, 9.17) is 9.15 Å². The molecule has 3 aromatic rings. The van der Waals surface area contributed by atoms with Crippen molar-refractivity contribution in [3.8, 4) is 17.1 Å². The van der Waals surface area contributed by atoms with E-state index < -0.39 is 0 Å². The van der Waals surface area contributed by atoms with Crippen LogP contribution < -0.4 is 10.1 Å². The number of carbonyl (C=O) groups excluding carboxylic acids is 1. The van der Waals surface area contributed by atoms with E-state index in [1.165, 1.54) is 25.6 Å². The van der Waals surface area contributed by atoms with E-state index in [1.54, 1.807) is 36.5 Å². The standard InChI is InChI=1S/C18H15FN2O3/c1-23-16-9-14(5-6-15(16)17-10-20-11-24-17)21-18(22)8-12-3-2-4-13(19)7-12/h2-7,9-11H,8H2,1H3,(H,21,22). The predicted molar refractivity (Wildman–Crippen MR) is 87.2 cm³/mol. The van der Waals surface area contributed by atoms with Crippen LogP contribution in [0.25, 0.3) is 11.3 Å². The molecule has 122 valence electrons. The number of benzene rings is 2. The molecule has 0 aliphatic heterocycles. The highest BCUT2D eigenvalue weighted by atomic mass is 19.1. The minimum absolute atomic E-state index is 0.0872. The Labute approximate surface area is 138 Å². The van der Waals surface area contributed by atoms with Crippen molar-refractivity contribution in [2.75, 3.05) is 12.4 Å². The molecule has 2 aromatic carbocycles. The van der Waals surface area contributed by atoms with Gasteiger partial charge in [-0.3, -0.25) is 4.79 Å². The highest BCUT2D eigenvalue weighted by Gasteiger charge is 2.11. The Balaban J connectivity index is 1.74. The fourth-order valence-corrected chi connectivity index (χ4v) is 2.36. The van der Waals surface area contributed by atoms with Gasteiger partial charge in [0.05, 0.1) is 25.3 Å². The van der Waals surface area contributed by atoms with Crippen LogP contribution in [0.1, 0.15) is 5.56 Å². The quantitative estimate of drug-likeness (QED) is 0.777. The van der Waals surface area contributed by atoms with Crippen LogP contribution in [0.3, 0.4) is 0 Å². The van der Waals surface area contributed by atoms with Crippen molar-refractivity contribution >= 4 is 11.6 Å². The van der Waals surface area contributed by atoms with E-state index in [9.17, 15) is 9.18 Å². The summed E-state index contributed by atoms with van der Waals surface area (Å²) in [6, 6.07) is 11.2. The fourth-order valence-electron chi connectivity index (χ4n) is 2.36. The second kappa shape index (κ2) is 6.95. The zero-order chi connectivity index (χ0) is 16.9. The summed E-state index contributed by atoms with van der Waals surface area (Å²) in [5, 5.41) is 2.77. The Morgan fingerprint density at radius 3 is 2.88 bits per heavy atom. The number of hydrogen-bond acceptors (Lipinski definition) is 4. The third kappa shape index (κ3) is 3.60. The first-order valence-corrected chi connectivity index (χ1v) is 7.27. The average Bonchev–Trinajstić information content (AvgIpc) is 3.09. The number of carbonyl (C=O) groups is 1. The first kappa shape index (κ1) is 15.7. The topological polar surface area (TPSA) is 64.4 Å². The number of oxazole rings is 1. The molecule has 0 unspecified atom stereocenters. The SMILES string of the molecule is COc1cc(NC(=O)Cc2cccc(F)c2)ccc1-c1cnco1. The predicted octanol–water partition coefficient (Wildman–Crippen LogP) is 3.67. The molecule has 5 nitrogen and oxygen atoms in total. The molecule has 1 heterocycles. The Kier molecular flexibility index (Phi) is 4.56. The molecule has 0 saturated carbocycles. The molecule has 0 saturated heterocycles. The molecule has 24 heavy (non-hydrogen) atoms. The summed E-state index contributed by atoms with van der Waals surface area (Å²) in [7, 11) is 1.54. The van der Waals surface area contributed by atoms with Gasteiger partial charge in [0.25, 0.3) is 0 Å². The first-order chi connectivity index (χ1) is 11.7. The van der Waals surface area contributed by atoms with Crippen LogP contribution in [0.2, 0.25) is 0 Å². The van der Waals surface area contributed by atoms with Gasteiger partial charge >= 0.3 is 0 Å². The normalized spacial score (nSPS) is 10.4. The summed E-state index contributed by atoms with van der Waals surface area (Å²) in [4.78, 5) is 16.0. The van der Waals surface area contributed by atoms with Crippen LogP contribution >= 0.6 is 0 Å². The fraction of sp³-hybridized carbons (Fsp3) is 0.111. The maximum Gasteiger partial charge on any atom is 0.228 e. The van der Waals surface area contributed by atoms with Gasteiger partial charge in [-0.1, -0.05) is 12.1 Å². The lowest BCUT2D eigenvalue weighted by Gasteiger charge is -2.10. The third-order valence-electron chi connectivity index (χ3n) is 3.44. The van der Waals surface area contributed by atoms with Gasteiger partial charge < -0.3 is 14.5 Å². The van der Waals surface area contributed by atoms with Gasteiger partial charge in [0, 0.05) is 11.8 Å². The van der Waals surface area contributed by atoms with E-state index in [-0.39, 0.29) is 18.1 Å². The minimum Gasteiger partial charge on any atom is -0.496 e. The molecule has 0 bridgehead atoms. The second-order valence-electron chi connectivity index (χ2n) is 5.14. The highest BCUT2D eigenvalue weighted by Crippen LogP contribution is 2.32. The molecule has 1 N–H and O–H groups in total. The maximum absolute atomic E-state index is 13.2. The zero-order valence-corrected chi connectivity index (χ0v) is 13.0. The number of hydrogen-bond donors (Lipinski definition) is 1. The lowest BCUT2D eigenvalue weighted by Crippen LogP contribution is -2.14. The van der Waals surface area contributed by atoms with E-state index in [0.29, 0.717) is 22.8 Å². The van der Waals surface area contributed by atoms with Crippen molar-refractivity contribution < 1.29 is 18.3 Å². The van der Waals surface area contributed by atoms with Crippen molar-refractivity contribution in [3.05, 3.63) is 66.4 Å². The van der Waals surface area contributed by atoms with E-state index in [0.717, 1.165) is 5.56 Å². The van der Waals surface area contributed by atoms with Crippen LogP contribution in [-0.4, -0.2) is 18.0 Å². The van der Waals surface area contributed by atoms with Crippen LogP contribution in [0.15, 0.2) is 59.5 Å². The van der Waals surface area contributed by atoms with Crippen LogP contribution in [0, 0.1) is 5.82 Å². The molecule has 1 aromatic heterocycles. The number of rotatable bonds is 5. The van der Waals surface area contributed by atoms with Gasteiger partial charge in [-0.25, -0.2) is 9.37 Å². The van der Waals surface area contributed by atoms with Crippen LogP contribution in [-0.2, 0) is 11.2 Å². The summed E-state index contributed by atoms with van der Waals surface area (Å²) in [6.45, 7) is 0. The summed E-state index contributed by atoms with van der Waals surface area (Å²) < 4.78 is 23.8. The number of methoxy groups -OCH3 is 1. The smallest absolute Gasteiger partial charge is 0.228 e. The van der Waals surface area contributed by atoms with Gasteiger partial charge in [-0.15, -0.1) is 0 Å². The number of amides is 1. The van der Waals surface area contributed by atoms with Gasteiger partial charge in [0.1, 0.15) is 11.6 Å². The summed E-state index contributed by atoms with van der Waals surface area (Å²) >= 11 is 0. The number of ether oxygens (including phenoxy) is 1. The lowest BCUT2D eigenvalue weighted by atomic mass is 10.1. The molecule has 0 fully saturated rings. The Morgan fingerprint density at radius 1 is 1.29 bits per heavy atom. The number of halogens is 1. The summed E-state index contributed by atoms with van der Waals surface area (Å²) in [5.74, 6) is 0.522. The molecule has 3 rings (SSSR count). The van der Waals surface area contributed by atoms with Crippen molar-refractivity contribution in [3.63, 3.8) is 0 Å². The average molecular weight is 326 g/mol. The maximum atomic E-state index is 13.2. The highest BCUT2D eigenvalue weighted by molar-refractivity contribution is 5.93. The van der Waals surface area contributed by atoms with Gasteiger partial charge in [-0.2, -0.15) is 0 Å². The molecule has 0 aliphatic carbocycles. The molecule has 1 amide bonds. The summed E-state index contributed by atoms with van der Waals surface area (Å²) in [5.41, 5.74) is 1.92. The molecule has 6 heteroatoms. The van der Waals surface area contributed by atoms with Crippen molar-refractivity contribution in [2.45, 2.75) is 6.42 Å². The van der Waals surface area contributed by atoms with E-state index in [1.807, 2.05) is 0 Å². The Hall–Kier alpha value is -3.15. The Bertz CT molecular complexity index is 847. The first-order valence-electron chi connectivity index (χ1n) is 7.27. The zero-order valence-electron chi connectivity index (χ0n) is 13.0. The van der Waals surface area contributed by atoms with Gasteiger partial charge in [0.15, 0.2) is 12.2 Å². The van der Waals surface area contributed by atoms with Gasteiger partial charge in [-0.05, 0) is 29.8 Å². The van der Waals surface area contributed by atoms with E-state index >= 15 is 0 Å². The number of nitrogens with zero attached hydrogens (tertiary/aromatic N) is 1. The molecule has 0 aliphatic rings. The largest absolute Gasteiger partial charge is 0.496 e. The monoisotopic (exact) mass is 326 g/mol. The number of anilines is 1. The molecule has 0 atom stereocenters. The minimum atomic E-state index is -0.363. The molecular weight excluding hydrogens is 311 g/mol. The van der Waals surface area contributed by atoms with Crippen LogP contribution in [0.4, 0.5) is 10.1 Å². The van der Waals surface area contributed by atoms with Crippen molar-refractivity contribution in [1.82, 2.24) is 4.98 Å². The molecule has 0 spiro atoms. The van der Waals surface area contributed by atoms with E-state index in [2.05, 4.69) is 10.3 Å². The van der Waals surface area contributed by atoms with Gasteiger partial charge in [0.2, 0.25) is 5.91 Å². The van der Waals surface area contributed by atoms with Crippen LogP contribution in [0.5, 0.6) is 5.75 Å². The number of aromatic nitrogens is 1. The lowest BCUT2D eigenvalue weighted by molar-refractivity contribution is -0.115. The Morgan fingerprint density at radius 2 is 2.17 bits per heavy atom. The third-order valence-corrected chi connectivity index (χ3v) is 3.44. The molecule has 0 radical (unpaired) electrons. The molecular formula is C18H15FN2O3. The van der Waals surface area contributed by atoms with Crippen molar-refractivity contribution in [1.29, 1.82) is 0 Å². The van der Waals surface area contributed by atoms with Crippen molar-refractivity contribution in [2.24, 2.45) is 0 Å². The second-order valence-corrected chi connectivity index (χ2v) is 5.14.